The highest BCUT2D eigenvalue weighted by Gasteiger charge is 2.14. The molecule has 0 aliphatic rings. The van der Waals surface area contributed by atoms with Crippen LogP contribution in [0.25, 0.3) is 0 Å². The molecule has 0 spiro atoms. The average Bonchev–Trinajstić information content (AvgIpc) is 2.96. The first-order valence-corrected chi connectivity index (χ1v) is 7.80. The standard InChI is InChI=1S/C15H20N4O3S/c1-10-13(23-18-17-10)9-19(2)15(20)16-8-11-6-5-7-12(21-3)14(11)22-4/h5-7H,8-9H2,1-4H3,(H,16,20). The second kappa shape index (κ2) is 7.77. The van der Waals surface area contributed by atoms with E-state index in [4.69, 9.17) is 9.47 Å². The summed E-state index contributed by atoms with van der Waals surface area (Å²) in [6.45, 7) is 2.71. The van der Waals surface area contributed by atoms with Crippen LogP contribution in [0.5, 0.6) is 11.5 Å². The summed E-state index contributed by atoms with van der Waals surface area (Å²) in [5.41, 5.74) is 1.70. The fourth-order valence-corrected chi connectivity index (χ4v) is 2.77. The zero-order chi connectivity index (χ0) is 16.8. The molecule has 124 valence electrons. The fourth-order valence-electron chi connectivity index (χ4n) is 2.08. The van der Waals surface area contributed by atoms with E-state index in [0.717, 1.165) is 16.1 Å². The van der Waals surface area contributed by atoms with Crippen LogP contribution in [-0.4, -0.2) is 41.8 Å². The molecule has 0 aliphatic carbocycles. The van der Waals surface area contributed by atoms with Gasteiger partial charge in [0, 0.05) is 19.2 Å². The van der Waals surface area contributed by atoms with Gasteiger partial charge in [-0.2, -0.15) is 0 Å². The molecule has 2 aromatic rings. The van der Waals surface area contributed by atoms with Crippen LogP contribution < -0.4 is 14.8 Å². The summed E-state index contributed by atoms with van der Waals surface area (Å²) in [7, 11) is 4.89. The molecule has 1 N–H and O–H groups in total. The summed E-state index contributed by atoms with van der Waals surface area (Å²) in [5, 5.41) is 6.82. The summed E-state index contributed by atoms with van der Waals surface area (Å²) in [6, 6.07) is 5.39. The molecule has 1 aromatic heterocycles. The first-order valence-electron chi connectivity index (χ1n) is 7.03. The minimum atomic E-state index is -0.178. The molecule has 1 aromatic carbocycles. The maximum atomic E-state index is 12.2. The number of rotatable bonds is 6. The monoisotopic (exact) mass is 336 g/mol. The molecular formula is C15H20N4O3S. The van der Waals surface area contributed by atoms with Crippen LogP contribution in [0.3, 0.4) is 0 Å². The fraction of sp³-hybridized carbons (Fsp3) is 0.400. The quantitative estimate of drug-likeness (QED) is 0.875. The van der Waals surface area contributed by atoms with Gasteiger partial charge in [0.1, 0.15) is 0 Å². The van der Waals surface area contributed by atoms with E-state index in [9.17, 15) is 4.79 Å². The molecule has 7 nitrogen and oxygen atoms in total. The van der Waals surface area contributed by atoms with Crippen LogP contribution >= 0.6 is 11.5 Å². The molecule has 0 atom stereocenters. The van der Waals surface area contributed by atoms with E-state index in [0.29, 0.717) is 24.6 Å². The molecule has 2 rings (SSSR count). The lowest BCUT2D eigenvalue weighted by Gasteiger charge is -2.18. The summed E-state index contributed by atoms with van der Waals surface area (Å²) < 4.78 is 14.5. The van der Waals surface area contributed by atoms with Gasteiger partial charge < -0.3 is 19.7 Å². The molecule has 0 radical (unpaired) electrons. The maximum absolute atomic E-state index is 12.2. The average molecular weight is 336 g/mol. The Bertz CT molecular complexity index is 674. The summed E-state index contributed by atoms with van der Waals surface area (Å²) in [5.74, 6) is 1.26. The normalized spacial score (nSPS) is 10.3. The molecule has 0 aliphatic heterocycles. The molecule has 1 heterocycles. The van der Waals surface area contributed by atoms with Gasteiger partial charge in [0.05, 0.1) is 31.3 Å². The Hall–Kier alpha value is -2.35. The van der Waals surface area contributed by atoms with Crippen molar-refractivity contribution in [2.45, 2.75) is 20.0 Å². The Morgan fingerprint density at radius 2 is 2.13 bits per heavy atom. The number of nitrogens with zero attached hydrogens (tertiary/aromatic N) is 3. The lowest BCUT2D eigenvalue weighted by Crippen LogP contribution is -2.36. The maximum Gasteiger partial charge on any atom is 0.317 e. The highest BCUT2D eigenvalue weighted by atomic mass is 32.1. The van der Waals surface area contributed by atoms with E-state index in [1.54, 1.807) is 26.2 Å². The number of benzene rings is 1. The van der Waals surface area contributed by atoms with Crippen molar-refractivity contribution in [2.24, 2.45) is 0 Å². The zero-order valence-corrected chi connectivity index (χ0v) is 14.4. The van der Waals surface area contributed by atoms with Gasteiger partial charge in [0.2, 0.25) is 0 Å². The van der Waals surface area contributed by atoms with E-state index in [1.165, 1.54) is 11.5 Å². The van der Waals surface area contributed by atoms with E-state index in [1.807, 2.05) is 25.1 Å². The van der Waals surface area contributed by atoms with Crippen LogP contribution in [0, 0.1) is 6.92 Å². The number of hydrogen-bond acceptors (Lipinski definition) is 6. The molecule has 0 saturated carbocycles. The van der Waals surface area contributed by atoms with Crippen molar-refractivity contribution < 1.29 is 14.3 Å². The van der Waals surface area contributed by atoms with E-state index in [-0.39, 0.29) is 6.03 Å². The van der Waals surface area contributed by atoms with E-state index < -0.39 is 0 Å². The second-order valence-electron chi connectivity index (χ2n) is 4.95. The Balaban J connectivity index is 1.98. The molecule has 0 saturated heterocycles. The van der Waals surface area contributed by atoms with E-state index >= 15 is 0 Å². The van der Waals surface area contributed by atoms with Crippen LogP contribution in [0.15, 0.2) is 18.2 Å². The van der Waals surface area contributed by atoms with Crippen molar-refractivity contribution in [3.63, 3.8) is 0 Å². The van der Waals surface area contributed by atoms with Gasteiger partial charge >= 0.3 is 6.03 Å². The molecule has 0 fully saturated rings. The van der Waals surface area contributed by atoms with Crippen molar-refractivity contribution in [3.8, 4) is 11.5 Å². The Kier molecular flexibility index (Phi) is 5.75. The number of ether oxygens (including phenoxy) is 2. The van der Waals surface area contributed by atoms with Crippen molar-refractivity contribution in [3.05, 3.63) is 34.3 Å². The van der Waals surface area contributed by atoms with Crippen molar-refractivity contribution in [2.75, 3.05) is 21.3 Å². The Labute approximate surface area is 139 Å². The third-order valence-electron chi connectivity index (χ3n) is 3.39. The topological polar surface area (TPSA) is 76.6 Å². The number of carbonyl (C=O) groups excluding carboxylic acids is 1. The number of carbonyl (C=O) groups is 1. The largest absolute Gasteiger partial charge is 0.493 e. The number of urea groups is 1. The van der Waals surface area contributed by atoms with Crippen LogP contribution in [0.4, 0.5) is 4.79 Å². The molecule has 8 heteroatoms. The number of aryl methyl sites for hydroxylation is 1. The van der Waals surface area contributed by atoms with Gasteiger partial charge in [-0.1, -0.05) is 16.6 Å². The zero-order valence-electron chi connectivity index (χ0n) is 13.6. The van der Waals surface area contributed by atoms with Gasteiger partial charge in [-0.05, 0) is 24.5 Å². The molecule has 0 bridgehead atoms. The first kappa shape index (κ1) is 17.0. The highest BCUT2D eigenvalue weighted by Crippen LogP contribution is 2.30. The van der Waals surface area contributed by atoms with Gasteiger partial charge in [-0.25, -0.2) is 4.79 Å². The third-order valence-corrected chi connectivity index (χ3v) is 4.20. The lowest BCUT2D eigenvalue weighted by molar-refractivity contribution is 0.206. The number of hydrogen-bond donors (Lipinski definition) is 1. The van der Waals surface area contributed by atoms with Gasteiger partial charge in [0.15, 0.2) is 11.5 Å². The Morgan fingerprint density at radius 1 is 1.35 bits per heavy atom. The molecule has 2 amide bonds. The minimum Gasteiger partial charge on any atom is -0.493 e. The summed E-state index contributed by atoms with van der Waals surface area (Å²) >= 11 is 1.30. The Morgan fingerprint density at radius 3 is 2.74 bits per heavy atom. The first-order chi connectivity index (χ1) is 11.1. The molecular weight excluding hydrogens is 316 g/mol. The van der Waals surface area contributed by atoms with Gasteiger partial charge in [-0.3, -0.25) is 0 Å². The predicted octanol–water partition coefficient (Wildman–Crippen LogP) is 2.21. The third kappa shape index (κ3) is 4.10. The lowest BCUT2D eigenvalue weighted by atomic mass is 10.2. The molecule has 0 unspecified atom stereocenters. The van der Waals surface area contributed by atoms with Crippen molar-refractivity contribution in [1.29, 1.82) is 0 Å². The predicted molar refractivity (Wildman–Crippen MR) is 87.9 cm³/mol. The second-order valence-corrected chi connectivity index (χ2v) is 5.79. The van der Waals surface area contributed by atoms with Crippen molar-refractivity contribution in [1.82, 2.24) is 19.8 Å². The van der Waals surface area contributed by atoms with Crippen LogP contribution in [0.1, 0.15) is 16.1 Å². The number of aromatic nitrogens is 2. The van der Waals surface area contributed by atoms with Crippen molar-refractivity contribution >= 4 is 17.6 Å². The smallest absolute Gasteiger partial charge is 0.317 e. The number of nitrogens with one attached hydrogen (secondary N) is 1. The summed E-state index contributed by atoms with van der Waals surface area (Å²) in [6.07, 6.45) is 0. The van der Waals surface area contributed by atoms with Crippen LogP contribution in [-0.2, 0) is 13.1 Å². The highest BCUT2D eigenvalue weighted by molar-refractivity contribution is 7.05. The SMILES string of the molecule is COc1cccc(CNC(=O)N(C)Cc2snnc2C)c1OC. The van der Waals surface area contributed by atoms with Crippen LogP contribution in [0.2, 0.25) is 0 Å². The summed E-state index contributed by atoms with van der Waals surface area (Å²) in [4.78, 5) is 14.8. The number of methoxy groups -OCH3 is 2. The number of para-hydroxylation sites is 1. The van der Waals surface area contributed by atoms with Gasteiger partial charge in [-0.15, -0.1) is 5.10 Å². The van der Waals surface area contributed by atoms with E-state index in [2.05, 4.69) is 14.9 Å². The molecule has 23 heavy (non-hydrogen) atoms. The van der Waals surface area contributed by atoms with Gasteiger partial charge in [0.25, 0.3) is 0 Å². The number of amides is 2. The minimum absolute atomic E-state index is 0.178.